The molecule has 144 valence electrons. The van der Waals surface area contributed by atoms with Gasteiger partial charge in [0, 0.05) is 18.4 Å². The molecule has 0 unspecified atom stereocenters. The summed E-state index contributed by atoms with van der Waals surface area (Å²) in [6.07, 6.45) is -4.97. The molecule has 0 heterocycles. The summed E-state index contributed by atoms with van der Waals surface area (Å²) in [5.74, 6) is -0.406. The van der Waals surface area contributed by atoms with Crippen molar-refractivity contribution in [1.82, 2.24) is 5.32 Å². The van der Waals surface area contributed by atoms with Crippen molar-refractivity contribution in [3.05, 3.63) is 29.3 Å². The van der Waals surface area contributed by atoms with Gasteiger partial charge in [-0.1, -0.05) is 12.1 Å². The zero-order valence-electron chi connectivity index (χ0n) is 15.1. The van der Waals surface area contributed by atoms with E-state index >= 15 is 0 Å². The quantitative estimate of drug-likeness (QED) is 0.837. The Morgan fingerprint density at radius 3 is 2.35 bits per heavy atom. The summed E-state index contributed by atoms with van der Waals surface area (Å²) in [4.78, 5) is 23.0. The van der Waals surface area contributed by atoms with Crippen molar-refractivity contribution in [1.29, 1.82) is 0 Å². The number of alkyl halides is 3. The molecule has 1 aliphatic carbocycles. The summed E-state index contributed by atoms with van der Waals surface area (Å²) in [6, 6.07) is 3.65. The molecule has 2 rings (SSSR count). The molecule has 0 saturated heterocycles. The average molecular weight is 373 g/mol. The largest absolute Gasteiger partial charge is 0.573 e. The van der Waals surface area contributed by atoms with Crippen molar-refractivity contribution < 1.29 is 32.2 Å². The van der Waals surface area contributed by atoms with Gasteiger partial charge in [0.2, 0.25) is 0 Å². The molecule has 8 heteroatoms. The first-order chi connectivity index (χ1) is 11.8. The van der Waals surface area contributed by atoms with Crippen LogP contribution < -0.4 is 10.1 Å². The van der Waals surface area contributed by atoms with Gasteiger partial charge < -0.3 is 14.8 Å². The van der Waals surface area contributed by atoms with E-state index in [1.807, 2.05) is 0 Å². The lowest BCUT2D eigenvalue weighted by molar-refractivity contribution is -0.275. The summed E-state index contributed by atoms with van der Waals surface area (Å²) >= 11 is 0. The molecule has 1 fully saturated rings. The molecule has 1 aromatic rings. The maximum absolute atomic E-state index is 12.8. The van der Waals surface area contributed by atoms with Crippen LogP contribution in [0.25, 0.3) is 0 Å². The van der Waals surface area contributed by atoms with E-state index in [0.717, 1.165) is 0 Å². The second-order valence-electron chi connectivity index (χ2n) is 7.36. The molecule has 5 nitrogen and oxygen atoms in total. The molecule has 1 amide bonds. The molecule has 1 aliphatic rings. The highest BCUT2D eigenvalue weighted by atomic mass is 19.4. The number of rotatable bonds is 4. The van der Waals surface area contributed by atoms with Crippen LogP contribution in [0.1, 0.15) is 63.6 Å². The highest BCUT2D eigenvalue weighted by Crippen LogP contribution is 2.38. The van der Waals surface area contributed by atoms with Crippen LogP contribution in [-0.4, -0.2) is 23.8 Å². The molecule has 0 aliphatic heterocycles. The lowest BCUT2D eigenvalue weighted by atomic mass is 9.78. The van der Waals surface area contributed by atoms with Gasteiger partial charge in [-0.2, -0.15) is 0 Å². The molecule has 0 radical (unpaired) electrons. The minimum atomic E-state index is -4.87. The fourth-order valence-electron chi connectivity index (χ4n) is 2.66. The van der Waals surface area contributed by atoms with Gasteiger partial charge in [-0.25, -0.2) is 4.79 Å². The Balaban J connectivity index is 2.22. The van der Waals surface area contributed by atoms with Gasteiger partial charge in [-0.05, 0) is 45.2 Å². The number of carbonyl (C=O) groups excluding carboxylic acids is 2. The molecule has 0 aromatic heterocycles. The highest BCUT2D eigenvalue weighted by Gasteiger charge is 2.34. The van der Waals surface area contributed by atoms with Crippen LogP contribution in [0.5, 0.6) is 5.75 Å². The van der Waals surface area contributed by atoms with E-state index in [0.29, 0.717) is 18.4 Å². The molecule has 1 saturated carbocycles. The first-order valence-corrected chi connectivity index (χ1v) is 8.25. The summed E-state index contributed by atoms with van der Waals surface area (Å²) in [7, 11) is 0. The van der Waals surface area contributed by atoms with Crippen LogP contribution in [0.3, 0.4) is 0 Å². The lowest BCUT2D eigenvalue weighted by Gasteiger charge is -2.27. The maximum Gasteiger partial charge on any atom is 0.573 e. The Morgan fingerprint density at radius 2 is 1.85 bits per heavy atom. The normalized spacial score (nSPS) is 16.7. The second kappa shape index (κ2) is 7.17. The average Bonchev–Trinajstić information content (AvgIpc) is 2.39. The van der Waals surface area contributed by atoms with Gasteiger partial charge in [0.1, 0.15) is 17.1 Å². The van der Waals surface area contributed by atoms with Crippen molar-refractivity contribution in [3.8, 4) is 5.75 Å². The number of alkyl carbamates (subject to hydrolysis) is 1. The van der Waals surface area contributed by atoms with Crippen LogP contribution >= 0.6 is 0 Å². The smallest absolute Gasteiger partial charge is 0.444 e. The van der Waals surface area contributed by atoms with Crippen molar-refractivity contribution in [3.63, 3.8) is 0 Å². The molecule has 1 aromatic carbocycles. The number of nitrogens with one attached hydrogen (secondary N) is 1. The molecule has 26 heavy (non-hydrogen) atoms. The lowest BCUT2D eigenvalue weighted by Crippen LogP contribution is -2.34. The van der Waals surface area contributed by atoms with Crippen molar-refractivity contribution in [2.75, 3.05) is 0 Å². The van der Waals surface area contributed by atoms with Crippen molar-refractivity contribution >= 4 is 11.9 Å². The predicted molar refractivity (Wildman–Crippen MR) is 87.9 cm³/mol. The Kier molecular flexibility index (Phi) is 5.53. The van der Waals surface area contributed by atoms with Gasteiger partial charge in [0.25, 0.3) is 0 Å². The highest BCUT2D eigenvalue weighted by molar-refractivity contribution is 5.86. The summed E-state index contributed by atoms with van der Waals surface area (Å²) in [5.41, 5.74) is 0.0510. The third-order valence-electron chi connectivity index (χ3n) is 3.88. The van der Waals surface area contributed by atoms with E-state index in [9.17, 15) is 22.8 Å². The van der Waals surface area contributed by atoms with Gasteiger partial charge in [-0.15, -0.1) is 13.2 Å². The number of amides is 1. The first kappa shape index (κ1) is 20.1. The standard InChI is InChI=1S/C18H22F3NO4/c1-10(22-16(24)26-17(2,3)4)14-6-5-11(12-7-13(23)8-12)9-15(14)25-18(19,20)21/h5-6,9-10,12H,7-8H2,1-4H3,(H,22,24)/t10-/m0/s1. The van der Waals surface area contributed by atoms with Gasteiger partial charge in [0.05, 0.1) is 6.04 Å². The molecule has 1 atom stereocenters. The van der Waals surface area contributed by atoms with E-state index in [1.54, 1.807) is 26.8 Å². The van der Waals surface area contributed by atoms with Gasteiger partial charge in [0.15, 0.2) is 0 Å². The van der Waals surface area contributed by atoms with Crippen LogP contribution in [-0.2, 0) is 9.53 Å². The Labute approximate surface area is 149 Å². The number of hydrogen-bond donors (Lipinski definition) is 1. The molecule has 1 N–H and O–H groups in total. The fourth-order valence-corrected chi connectivity index (χ4v) is 2.66. The zero-order valence-corrected chi connectivity index (χ0v) is 15.1. The number of benzene rings is 1. The minimum Gasteiger partial charge on any atom is -0.444 e. The third-order valence-corrected chi connectivity index (χ3v) is 3.88. The topological polar surface area (TPSA) is 64.6 Å². The molecular weight excluding hydrogens is 351 g/mol. The monoisotopic (exact) mass is 373 g/mol. The van der Waals surface area contributed by atoms with Crippen molar-refractivity contribution in [2.45, 2.75) is 64.5 Å². The van der Waals surface area contributed by atoms with Crippen LogP contribution in [0, 0.1) is 0 Å². The number of ether oxygens (including phenoxy) is 2. The Morgan fingerprint density at radius 1 is 1.23 bits per heavy atom. The van der Waals surface area contributed by atoms with Crippen LogP contribution in [0.15, 0.2) is 18.2 Å². The third kappa shape index (κ3) is 5.64. The van der Waals surface area contributed by atoms with Gasteiger partial charge in [-0.3, -0.25) is 4.79 Å². The predicted octanol–water partition coefficient (Wildman–Crippen LogP) is 4.62. The van der Waals surface area contributed by atoms with E-state index in [1.165, 1.54) is 19.1 Å². The minimum absolute atomic E-state index is 0.0809. The number of ketones is 1. The van der Waals surface area contributed by atoms with Crippen LogP contribution in [0.4, 0.5) is 18.0 Å². The molecular formula is C18H22F3NO4. The number of hydrogen-bond acceptors (Lipinski definition) is 4. The van der Waals surface area contributed by atoms with E-state index in [-0.39, 0.29) is 17.3 Å². The van der Waals surface area contributed by atoms with Crippen molar-refractivity contribution in [2.24, 2.45) is 0 Å². The Bertz CT molecular complexity index is 687. The van der Waals surface area contributed by atoms with Crippen LogP contribution in [0.2, 0.25) is 0 Å². The SMILES string of the molecule is C[C@H](NC(=O)OC(C)(C)C)c1ccc(C2CC(=O)C2)cc1OC(F)(F)F. The summed E-state index contributed by atoms with van der Waals surface area (Å²) < 4.78 is 47.6. The molecule has 0 bridgehead atoms. The fraction of sp³-hybridized carbons (Fsp3) is 0.556. The maximum atomic E-state index is 12.8. The molecule has 0 spiro atoms. The number of halogens is 3. The second-order valence-corrected chi connectivity index (χ2v) is 7.36. The summed E-state index contributed by atoms with van der Waals surface area (Å²) in [6.45, 7) is 6.59. The number of carbonyl (C=O) groups is 2. The van der Waals surface area contributed by atoms with E-state index in [2.05, 4.69) is 10.1 Å². The Hall–Kier alpha value is -2.25. The van der Waals surface area contributed by atoms with E-state index in [4.69, 9.17) is 4.74 Å². The zero-order chi connectivity index (χ0) is 19.7. The van der Waals surface area contributed by atoms with E-state index < -0.39 is 29.8 Å². The first-order valence-electron chi connectivity index (χ1n) is 8.25. The summed E-state index contributed by atoms with van der Waals surface area (Å²) in [5, 5.41) is 2.50. The van der Waals surface area contributed by atoms with Gasteiger partial charge >= 0.3 is 12.5 Å². The number of Topliss-reactive ketones (excluding diaryl/α,β-unsaturated/α-hetero) is 1.